The maximum Gasteiger partial charge on any atom is 0.119 e. The number of methoxy groups -OCH3 is 1. The first-order valence-corrected chi connectivity index (χ1v) is 9.32. The van der Waals surface area contributed by atoms with Gasteiger partial charge < -0.3 is 9.84 Å². The largest absolute Gasteiger partial charge is 0.497 e. The van der Waals surface area contributed by atoms with E-state index in [1.807, 2.05) is 30.5 Å². The van der Waals surface area contributed by atoms with E-state index in [1.54, 1.807) is 7.11 Å². The zero-order valence-electron chi connectivity index (χ0n) is 14.6. The molecule has 0 amide bonds. The van der Waals surface area contributed by atoms with Crippen molar-refractivity contribution in [3.63, 3.8) is 0 Å². The molecule has 1 heterocycles. The minimum atomic E-state index is -0.395. The minimum absolute atomic E-state index is 0.392. The van der Waals surface area contributed by atoms with Crippen molar-refractivity contribution < 1.29 is 9.84 Å². The summed E-state index contributed by atoms with van der Waals surface area (Å²) in [4.78, 5) is 4.45. The molecular formula is C21H27NO2. The number of pyridine rings is 1. The fourth-order valence-corrected chi connectivity index (χ4v) is 5.25. The zero-order chi connectivity index (χ0) is 16.7. The maximum absolute atomic E-state index is 11.2. The Morgan fingerprint density at radius 1 is 1.21 bits per heavy atom. The second kappa shape index (κ2) is 6.36. The van der Waals surface area contributed by atoms with Crippen LogP contribution in [0.2, 0.25) is 0 Å². The van der Waals surface area contributed by atoms with Crippen LogP contribution in [0.4, 0.5) is 0 Å². The summed E-state index contributed by atoms with van der Waals surface area (Å²) in [7, 11) is 1.68. The fraction of sp³-hybridized carbons (Fsp3) is 0.571. The van der Waals surface area contributed by atoms with Gasteiger partial charge in [-0.15, -0.1) is 0 Å². The Hall–Kier alpha value is -1.61. The Morgan fingerprint density at radius 2 is 2.04 bits per heavy atom. The van der Waals surface area contributed by atoms with Crippen molar-refractivity contribution in [1.82, 2.24) is 4.98 Å². The van der Waals surface area contributed by atoms with Crippen LogP contribution in [0.1, 0.15) is 50.7 Å². The molecule has 3 fully saturated rings. The van der Waals surface area contributed by atoms with Gasteiger partial charge in [-0.25, -0.2) is 0 Å². The van der Waals surface area contributed by atoms with Gasteiger partial charge in [0.25, 0.3) is 0 Å². The number of aromatic nitrogens is 1. The molecule has 0 aliphatic heterocycles. The number of aliphatic hydroxyl groups excluding tert-OH is 1. The number of rotatable bonds is 4. The van der Waals surface area contributed by atoms with Crippen LogP contribution in [0, 0.1) is 23.7 Å². The lowest BCUT2D eigenvalue weighted by atomic mass is 9.57. The van der Waals surface area contributed by atoms with E-state index in [0.29, 0.717) is 11.8 Å². The quantitative estimate of drug-likeness (QED) is 0.883. The molecule has 1 N–H and O–H groups in total. The van der Waals surface area contributed by atoms with Crippen LogP contribution in [0.3, 0.4) is 0 Å². The van der Waals surface area contributed by atoms with E-state index in [9.17, 15) is 5.11 Å². The van der Waals surface area contributed by atoms with Gasteiger partial charge in [0.15, 0.2) is 0 Å². The molecule has 0 radical (unpaired) electrons. The van der Waals surface area contributed by atoms with Gasteiger partial charge in [0.05, 0.1) is 18.7 Å². The molecule has 3 aliphatic carbocycles. The third-order valence-electron chi connectivity index (χ3n) is 6.59. The van der Waals surface area contributed by atoms with Crippen molar-refractivity contribution in [3.05, 3.63) is 36.0 Å². The highest BCUT2D eigenvalue weighted by atomic mass is 16.5. The molecule has 3 heteroatoms. The number of benzene rings is 1. The molecule has 5 rings (SSSR count). The van der Waals surface area contributed by atoms with Crippen LogP contribution in [0.25, 0.3) is 10.9 Å². The molecule has 5 atom stereocenters. The van der Waals surface area contributed by atoms with Crippen LogP contribution in [0.15, 0.2) is 30.5 Å². The monoisotopic (exact) mass is 325 g/mol. The lowest BCUT2D eigenvalue weighted by Crippen LogP contribution is -2.40. The molecule has 3 saturated carbocycles. The van der Waals surface area contributed by atoms with Crippen LogP contribution in [-0.2, 0) is 0 Å². The summed E-state index contributed by atoms with van der Waals surface area (Å²) in [6.07, 6.45) is 7.84. The van der Waals surface area contributed by atoms with E-state index in [4.69, 9.17) is 4.74 Å². The molecule has 128 valence electrons. The van der Waals surface area contributed by atoms with Crippen LogP contribution >= 0.6 is 0 Å². The first kappa shape index (κ1) is 15.9. The Morgan fingerprint density at radius 3 is 2.75 bits per heavy atom. The average Bonchev–Trinajstić information content (AvgIpc) is 2.66. The second-order valence-corrected chi connectivity index (χ2v) is 7.63. The molecule has 3 unspecified atom stereocenters. The van der Waals surface area contributed by atoms with Gasteiger partial charge in [0, 0.05) is 11.6 Å². The number of aliphatic hydroxyl groups is 1. The summed E-state index contributed by atoms with van der Waals surface area (Å²) in [6.45, 7) is 2.32. The first-order valence-electron chi connectivity index (χ1n) is 9.32. The Labute approximate surface area is 144 Å². The summed E-state index contributed by atoms with van der Waals surface area (Å²) >= 11 is 0. The molecule has 24 heavy (non-hydrogen) atoms. The highest BCUT2D eigenvalue weighted by molar-refractivity contribution is 5.83. The van der Waals surface area contributed by atoms with Crippen molar-refractivity contribution >= 4 is 10.9 Å². The third-order valence-corrected chi connectivity index (χ3v) is 6.59. The predicted octanol–water partition coefficient (Wildman–Crippen LogP) is 4.74. The van der Waals surface area contributed by atoms with Crippen molar-refractivity contribution in [2.24, 2.45) is 23.7 Å². The molecule has 3 aliphatic rings. The summed E-state index contributed by atoms with van der Waals surface area (Å²) < 4.78 is 5.37. The highest BCUT2D eigenvalue weighted by Crippen LogP contribution is 2.53. The van der Waals surface area contributed by atoms with Crippen LogP contribution in [-0.4, -0.2) is 17.2 Å². The Balaban J connectivity index is 1.68. The standard InChI is InChI=1S/C21H27NO2/c1-3-13-10-15-5-4-14(13)11-18(15)21(23)17-8-9-22-20-7-6-16(24-2)12-19(17)20/h6-9,12-15,18,21,23H,3-5,10-11H2,1-2H3/t13?,14-,15?,18-,21?/m0/s1. The number of hydrogen-bond acceptors (Lipinski definition) is 3. The normalized spacial score (nSPS) is 30.5. The number of nitrogens with zero attached hydrogens (tertiary/aromatic N) is 1. The Kier molecular flexibility index (Phi) is 4.21. The third kappa shape index (κ3) is 2.59. The second-order valence-electron chi connectivity index (χ2n) is 7.63. The molecule has 3 nitrogen and oxygen atoms in total. The van der Waals surface area contributed by atoms with Gasteiger partial charge in [0.1, 0.15) is 5.75 Å². The first-order chi connectivity index (χ1) is 11.7. The molecule has 1 aromatic heterocycles. The molecular weight excluding hydrogens is 298 g/mol. The summed E-state index contributed by atoms with van der Waals surface area (Å²) in [6, 6.07) is 7.91. The van der Waals surface area contributed by atoms with E-state index in [-0.39, 0.29) is 0 Å². The van der Waals surface area contributed by atoms with Crippen molar-refractivity contribution in [2.75, 3.05) is 7.11 Å². The lowest BCUT2D eigenvalue weighted by Gasteiger charge is -2.49. The zero-order valence-corrected chi connectivity index (χ0v) is 14.6. The number of fused-ring (bicyclic) bond motifs is 4. The van der Waals surface area contributed by atoms with Gasteiger partial charge in [-0.2, -0.15) is 0 Å². The lowest BCUT2D eigenvalue weighted by molar-refractivity contribution is -0.0336. The van der Waals surface area contributed by atoms with E-state index >= 15 is 0 Å². The van der Waals surface area contributed by atoms with Gasteiger partial charge in [-0.3, -0.25) is 4.98 Å². The number of ether oxygens (including phenoxy) is 1. The molecule has 0 saturated heterocycles. The smallest absolute Gasteiger partial charge is 0.119 e. The van der Waals surface area contributed by atoms with E-state index in [2.05, 4.69) is 11.9 Å². The SMILES string of the molecule is CCC1CC2CC[C@H]1C[C@@H]2C(O)c1ccnc2ccc(OC)cc12. The van der Waals surface area contributed by atoms with E-state index < -0.39 is 6.10 Å². The molecule has 1 aromatic carbocycles. The van der Waals surface area contributed by atoms with Crippen LogP contribution in [0.5, 0.6) is 5.75 Å². The topological polar surface area (TPSA) is 42.4 Å². The van der Waals surface area contributed by atoms with E-state index in [1.165, 1.54) is 32.1 Å². The van der Waals surface area contributed by atoms with Crippen molar-refractivity contribution in [2.45, 2.75) is 45.1 Å². The summed E-state index contributed by atoms with van der Waals surface area (Å²) in [5, 5.41) is 12.2. The Bertz CT molecular complexity index is 729. The fourth-order valence-electron chi connectivity index (χ4n) is 5.25. The number of hydrogen-bond donors (Lipinski definition) is 1. The summed E-state index contributed by atoms with van der Waals surface area (Å²) in [5.74, 6) is 3.57. The average molecular weight is 325 g/mol. The van der Waals surface area contributed by atoms with Crippen molar-refractivity contribution in [3.8, 4) is 5.75 Å². The van der Waals surface area contributed by atoms with Crippen LogP contribution < -0.4 is 4.74 Å². The van der Waals surface area contributed by atoms with Gasteiger partial charge in [0.2, 0.25) is 0 Å². The van der Waals surface area contributed by atoms with Crippen molar-refractivity contribution in [1.29, 1.82) is 0 Å². The van der Waals surface area contributed by atoms with Gasteiger partial charge >= 0.3 is 0 Å². The van der Waals surface area contributed by atoms with Gasteiger partial charge in [-0.05, 0) is 79.2 Å². The summed E-state index contributed by atoms with van der Waals surface area (Å²) in [5.41, 5.74) is 1.95. The van der Waals surface area contributed by atoms with Gasteiger partial charge in [-0.1, -0.05) is 13.3 Å². The molecule has 2 aromatic rings. The molecule has 0 spiro atoms. The maximum atomic E-state index is 11.2. The predicted molar refractivity (Wildman–Crippen MR) is 96.0 cm³/mol. The highest BCUT2D eigenvalue weighted by Gasteiger charge is 2.43. The minimum Gasteiger partial charge on any atom is -0.497 e. The molecule has 2 bridgehead atoms. The van der Waals surface area contributed by atoms with E-state index in [0.717, 1.165) is 34.1 Å².